The van der Waals surface area contributed by atoms with Crippen molar-refractivity contribution >= 4 is 5.69 Å². The molecule has 1 aromatic rings. The minimum Gasteiger partial charge on any atom is -0.376 e. The molecule has 1 aliphatic rings. The predicted molar refractivity (Wildman–Crippen MR) is 80.6 cm³/mol. The third-order valence-electron chi connectivity index (χ3n) is 3.96. The second-order valence-corrected chi connectivity index (χ2v) is 5.83. The van der Waals surface area contributed by atoms with Gasteiger partial charge in [0.15, 0.2) is 0 Å². The van der Waals surface area contributed by atoms with Gasteiger partial charge in [-0.3, -0.25) is 0 Å². The molecule has 1 aromatic carbocycles. The van der Waals surface area contributed by atoms with Gasteiger partial charge in [0.2, 0.25) is 0 Å². The fraction of sp³-hybridized carbons (Fsp3) is 0.625. The van der Waals surface area contributed by atoms with Gasteiger partial charge in [0, 0.05) is 26.2 Å². The topological polar surface area (TPSA) is 24.5 Å². The van der Waals surface area contributed by atoms with Gasteiger partial charge >= 0.3 is 0 Å². The molecule has 20 heavy (non-hydrogen) atoms. The van der Waals surface area contributed by atoms with Crippen molar-refractivity contribution in [1.82, 2.24) is 5.32 Å². The van der Waals surface area contributed by atoms with Gasteiger partial charge in [-0.05, 0) is 25.0 Å². The summed E-state index contributed by atoms with van der Waals surface area (Å²) in [5.41, 5.74) is 1.70. The summed E-state index contributed by atoms with van der Waals surface area (Å²) in [6.07, 6.45) is 1.09. The zero-order chi connectivity index (χ0) is 14.7. The monoisotopic (exact) mass is 280 g/mol. The highest BCUT2D eigenvalue weighted by molar-refractivity contribution is 5.55. The van der Waals surface area contributed by atoms with Gasteiger partial charge in [-0.15, -0.1) is 0 Å². The van der Waals surface area contributed by atoms with E-state index in [-0.39, 0.29) is 18.0 Å². The molecule has 0 spiro atoms. The van der Waals surface area contributed by atoms with E-state index in [0.29, 0.717) is 18.3 Å². The quantitative estimate of drug-likeness (QED) is 0.897. The van der Waals surface area contributed by atoms with Crippen molar-refractivity contribution in [3.63, 3.8) is 0 Å². The molecular formula is C16H25FN2O. The first kappa shape index (κ1) is 15.3. The summed E-state index contributed by atoms with van der Waals surface area (Å²) >= 11 is 0. The average molecular weight is 280 g/mol. The van der Waals surface area contributed by atoms with Gasteiger partial charge in [-0.25, -0.2) is 4.39 Å². The van der Waals surface area contributed by atoms with E-state index in [1.165, 1.54) is 6.07 Å². The second-order valence-electron chi connectivity index (χ2n) is 5.83. The summed E-state index contributed by atoms with van der Waals surface area (Å²) in [6.45, 7) is 7.67. The number of nitrogens with zero attached hydrogens (tertiary/aromatic N) is 1. The molecular weight excluding hydrogens is 255 g/mol. The number of likely N-dealkylation sites (N-methyl/N-ethyl adjacent to an activating group) is 1. The maximum atomic E-state index is 14.3. The smallest absolute Gasteiger partial charge is 0.146 e. The number of hydrogen-bond donors (Lipinski definition) is 1. The third-order valence-corrected chi connectivity index (χ3v) is 3.96. The Kier molecular flexibility index (Phi) is 5.00. The summed E-state index contributed by atoms with van der Waals surface area (Å²) in [6, 6.07) is 5.92. The van der Waals surface area contributed by atoms with Crippen molar-refractivity contribution in [1.29, 1.82) is 0 Å². The maximum absolute atomic E-state index is 14.3. The van der Waals surface area contributed by atoms with E-state index in [1.807, 2.05) is 18.0 Å². The van der Waals surface area contributed by atoms with E-state index in [4.69, 9.17) is 4.74 Å². The average Bonchev–Trinajstić information content (AvgIpc) is 2.82. The Balaban J connectivity index is 2.24. The SMILES string of the molecule is CC(C)NCc1cccc(F)c1N(C)C1CCOC1C. The van der Waals surface area contributed by atoms with Crippen LogP contribution in [-0.4, -0.2) is 31.8 Å². The van der Waals surface area contributed by atoms with Crippen LogP contribution in [0.15, 0.2) is 18.2 Å². The Bertz CT molecular complexity index is 450. The maximum Gasteiger partial charge on any atom is 0.146 e. The first-order chi connectivity index (χ1) is 9.50. The minimum atomic E-state index is -0.158. The summed E-state index contributed by atoms with van der Waals surface area (Å²) in [4.78, 5) is 2.05. The molecule has 0 aliphatic carbocycles. The van der Waals surface area contributed by atoms with Crippen molar-refractivity contribution in [2.45, 2.75) is 51.9 Å². The van der Waals surface area contributed by atoms with Crippen LogP contribution in [0.4, 0.5) is 10.1 Å². The zero-order valence-electron chi connectivity index (χ0n) is 12.8. The third kappa shape index (κ3) is 3.30. The van der Waals surface area contributed by atoms with Crippen molar-refractivity contribution in [2.24, 2.45) is 0 Å². The van der Waals surface area contributed by atoms with Crippen molar-refractivity contribution in [3.8, 4) is 0 Å². The number of ether oxygens (including phenoxy) is 1. The lowest BCUT2D eigenvalue weighted by atomic mass is 10.1. The van der Waals surface area contributed by atoms with E-state index in [2.05, 4.69) is 26.1 Å². The molecule has 0 aromatic heterocycles. The van der Waals surface area contributed by atoms with Gasteiger partial charge in [0.25, 0.3) is 0 Å². The first-order valence-corrected chi connectivity index (χ1v) is 7.36. The molecule has 1 saturated heterocycles. The number of benzene rings is 1. The molecule has 0 amide bonds. The Morgan fingerprint density at radius 3 is 2.80 bits per heavy atom. The van der Waals surface area contributed by atoms with Gasteiger partial charge in [-0.2, -0.15) is 0 Å². The van der Waals surface area contributed by atoms with Crippen LogP contribution < -0.4 is 10.2 Å². The highest BCUT2D eigenvalue weighted by Gasteiger charge is 2.30. The van der Waals surface area contributed by atoms with Crippen LogP contribution in [-0.2, 0) is 11.3 Å². The van der Waals surface area contributed by atoms with Gasteiger partial charge < -0.3 is 15.0 Å². The fourth-order valence-corrected chi connectivity index (χ4v) is 2.81. The van der Waals surface area contributed by atoms with Gasteiger partial charge in [0.05, 0.1) is 17.8 Å². The van der Waals surface area contributed by atoms with Gasteiger partial charge in [-0.1, -0.05) is 26.0 Å². The number of rotatable bonds is 5. The Hall–Kier alpha value is -1.13. The van der Waals surface area contributed by atoms with Crippen LogP contribution in [0.5, 0.6) is 0 Å². The number of halogens is 1. The van der Waals surface area contributed by atoms with Crippen LogP contribution in [0.25, 0.3) is 0 Å². The van der Waals surface area contributed by atoms with Crippen LogP contribution in [0.1, 0.15) is 32.8 Å². The number of para-hydroxylation sites is 1. The molecule has 1 fully saturated rings. The lowest BCUT2D eigenvalue weighted by molar-refractivity contribution is 0.118. The second kappa shape index (κ2) is 6.55. The fourth-order valence-electron chi connectivity index (χ4n) is 2.81. The summed E-state index contributed by atoms with van der Waals surface area (Å²) < 4.78 is 19.9. The molecule has 2 rings (SSSR count). The van der Waals surface area contributed by atoms with E-state index < -0.39 is 0 Å². The predicted octanol–water partition coefficient (Wildman–Crippen LogP) is 2.94. The highest BCUT2D eigenvalue weighted by atomic mass is 19.1. The number of anilines is 1. The molecule has 2 atom stereocenters. The first-order valence-electron chi connectivity index (χ1n) is 7.36. The Morgan fingerprint density at radius 2 is 2.20 bits per heavy atom. The van der Waals surface area contributed by atoms with Crippen molar-refractivity contribution in [2.75, 3.05) is 18.6 Å². The normalized spacial score (nSPS) is 22.5. The van der Waals surface area contributed by atoms with E-state index in [1.54, 1.807) is 6.07 Å². The molecule has 0 radical (unpaired) electrons. The summed E-state index contributed by atoms with van der Waals surface area (Å²) in [5.74, 6) is -0.158. The van der Waals surface area contributed by atoms with Crippen LogP contribution in [0, 0.1) is 5.82 Å². The zero-order valence-corrected chi connectivity index (χ0v) is 12.8. The summed E-state index contributed by atoms with van der Waals surface area (Å²) in [7, 11) is 1.97. The lowest BCUT2D eigenvalue weighted by Gasteiger charge is -2.31. The standard InChI is InChI=1S/C16H25FN2O/c1-11(2)18-10-13-6-5-7-14(17)16(13)19(4)15-8-9-20-12(15)3/h5-7,11-12,15,18H,8-10H2,1-4H3. The lowest BCUT2D eigenvalue weighted by Crippen LogP contribution is -2.38. The van der Waals surface area contributed by atoms with Crippen molar-refractivity contribution in [3.05, 3.63) is 29.6 Å². The molecule has 1 N–H and O–H groups in total. The van der Waals surface area contributed by atoms with Gasteiger partial charge in [0.1, 0.15) is 5.82 Å². The molecule has 0 bridgehead atoms. The van der Waals surface area contributed by atoms with Crippen LogP contribution in [0.3, 0.4) is 0 Å². The molecule has 1 heterocycles. The van der Waals surface area contributed by atoms with Crippen molar-refractivity contribution < 1.29 is 9.13 Å². The molecule has 3 nitrogen and oxygen atoms in total. The molecule has 2 unspecified atom stereocenters. The van der Waals surface area contributed by atoms with Crippen LogP contribution in [0.2, 0.25) is 0 Å². The molecule has 1 aliphatic heterocycles. The Labute approximate surface area is 121 Å². The molecule has 0 saturated carbocycles. The van der Waals surface area contributed by atoms with E-state index >= 15 is 0 Å². The largest absolute Gasteiger partial charge is 0.376 e. The highest BCUT2D eigenvalue weighted by Crippen LogP contribution is 2.29. The summed E-state index contributed by atoms with van der Waals surface area (Å²) in [5, 5.41) is 3.36. The Morgan fingerprint density at radius 1 is 1.45 bits per heavy atom. The molecule has 4 heteroatoms. The number of nitrogens with one attached hydrogen (secondary N) is 1. The van der Waals surface area contributed by atoms with E-state index in [9.17, 15) is 4.39 Å². The minimum absolute atomic E-state index is 0.144. The molecule has 112 valence electrons. The van der Waals surface area contributed by atoms with E-state index in [0.717, 1.165) is 18.6 Å². The number of hydrogen-bond acceptors (Lipinski definition) is 3. The van der Waals surface area contributed by atoms with Crippen LogP contribution >= 0.6 is 0 Å².